The number of amidine groups is 1. The second-order valence-corrected chi connectivity index (χ2v) is 7.29. The molecule has 0 radical (unpaired) electrons. The minimum Gasteiger partial charge on any atom is -0.325 e. The molecule has 9 heteroatoms. The number of hydrogen-bond acceptors (Lipinski definition) is 5. The SMILES string of the molecule is CCC(CC)=N/N=C1\NC(=O)[C@H](CC(=O)Nc2cc(Cl)ccc2Cl)S1. The van der Waals surface area contributed by atoms with Crippen LogP contribution in [0.3, 0.4) is 0 Å². The number of carbonyl (C=O) groups excluding carboxylic acids is 2. The molecule has 1 aromatic rings. The molecule has 0 aliphatic carbocycles. The van der Waals surface area contributed by atoms with Crippen molar-refractivity contribution in [2.45, 2.75) is 38.4 Å². The van der Waals surface area contributed by atoms with Gasteiger partial charge < -0.3 is 10.6 Å². The Kier molecular flexibility index (Phi) is 7.28. The Bertz CT molecular complexity index is 731. The van der Waals surface area contributed by atoms with Crippen LogP contribution in [0, 0.1) is 0 Å². The van der Waals surface area contributed by atoms with Crippen molar-refractivity contribution in [3.8, 4) is 0 Å². The van der Waals surface area contributed by atoms with Crippen molar-refractivity contribution < 1.29 is 9.59 Å². The van der Waals surface area contributed by atoms with Gasteiger partial charge in [-0.25, -0.2) is 0 Å². The van der Waals surface area contributed by atoms with Crippen molar-refractivity contribution in [2.24, 2.45) is 10.2 Å². The van der Waals surface area contributed by atoms with Crippen LogP contribution in [0.15, 0.2) is 28.4 Å². The van der Waals surface area contributed by atoms with Crippen molar-refractivity contribution in [3.63, 3.8) is 0 Å². The third-order valence-electron chi connectivity index (χ3n) is 3.45. The summed E-state index contributed by atoms with van der Waals surface area (Å²) in [5.74, 6) is -0.592. The van der Waals surface area contributed by atoms with Gasteiger partial charge in [0.15, 0.2) is 5.17 Å². The van der Waals surface area contributed by atoms with Gasteiger partial charge in [0.1, 0.15) is 5.25 Å². The summed E-state index contributed by atoms with van der Waals surface area (Å²) >= 11 is 13.1. The molecule has 6 nitrogen and oxygen atoms in total. The molecule has 1 heterocycles. The molecule has 1 aromatic carbocycles. The van der Waals surface area contributed by atoms with Gasteiger partial charge in [-0.1, -0.05) is 48.8 Å². The smallest absolute Gasteiger partial charge is 0.240 e. The molecule has 0 bridgehead atoms. The summed E-state index contributed by atoms with van der Waals surface area (Å²) in [6.07, 6.45) is 1.60. The van der Waals surface area contributed by atoms with Gasteiger partial charge in [0.05, 0.1) is 10.7 Å². The van der Waals surface area contributed by atoms with Crippen LogP contribution in [-0.4, -0.2) is 27.9 Å². The van der Waals surface area contributed by atoms with E-state index in [1.807, 2.05) is 13.8 Å². The lowest BCUT2D eigenvalue weighted by molar-refractivity contribution is -0.122. The van der Waals surface area contributed by atoms with Crippen LogP contribution < -0.4 is 10.6 Å². The number of benzene rings is 1. The van der Waals surface area contributed by atoms with Crippen LogP contribution in [-0.2, 0) is 9.59 Å². The number of nitrogens with zero attached hydrogens (tertiary/aromatic N) is 2. The molecule has 134 valence electrons. The van der Waals surface area contributed by atoms with Crippen LogP contribution in [0.2, 0.25) is 10.0 Å². The summed E-state index contributed by atoms with van der Waals surface area (Å²) in [6, 6.07) is 4.78. The highest BCUT2D eigenvalue weighted by Crippen LogP contribution is 2.27. The maximum Gasteiger partial charge on any atom is 0.240 e. The van der Waals surface area contributed by atoms with E-state index in [-0.39, 0.29) is 18.2 Å². The van der Waals surface area contributed by atoms with Crippen LogP contribution >= 0.6 is 35.0 Å². The minimum atomic E-state index is -0.557. The highest BCUT2D eigenvalue weighted by atomic mass is 35.5. The molecule has 1 aliphatic heterocycles. The van der Waals surface area contributed by atoms with Crippen molar-refractivity contribution in [1.82, 2.24) is 5.32 Å². The molecule has 0 saturated carbocycles. The summed E-state index contributed by atoms with van der Waals surface area (Å²) in [4.78, 5) is 24.2. The first-order valence-electron chi connectivity index (χ1n) is 7.78. The number of amides is 2. The topological polar surface area (TPSA) is 82.9 Å². The number of thioether (sulfide) groups is 1. The molecule has 1 fully saturated rings. The van der Waals surface area contributed by atoms with Crippen molar-refractivity contribution in [1.29, 1.82) is 0 Å². The molecular weight excluding hydrogens is 383 g/mol. The summed E-state index contributed by atoms with van der Waals surface area (Å²) in [5, 5.41) is 14.2. The van der Waals surface area contributed by atoms with E-state index in [0.29, 0.717) is 20.9 Å². The maximum absolute atomic E-state index is 12.2. The first-order chi connectivity index (χ1) is 11.9. The lowest BCUT2D eigenvalue weighted by atomic mass is 10.2. The number of halogens is 2. The van der Waals surface area contributed by atoms with Gasteiger partial charge >= 0.3 is 0 Å². The molecule has 1 saturated heterocycles. The number of anilines is 1. The molecule has 0 spiro atoms. The maximum atomic E-state index is 12.2. The summed E-state index contributed by atoms with van der Waals surface area (Å²) < 4.78 is 0. The van der Waals surface area contributed by atoms with Crippen molar-refractivity contribution >= 4 is 63.3 Å². The third-order valence-corrected chi connectivity index (χ3v) is 5.09. The molecule has 0 aromatic heterocycles. The van der Waals surface area contributed by atoms with Gasteiger partial charge in [-0.15, -0.1) is 5.10 Å². The van der Waals surface area contributed by atoms with Gasteiger partial charge in [-0.3, -0.25) is 9.59 Å². The Labute approximate surface area is 160 Å². The predicted molar refractivity (Wildman–Crippen MR) is 105 cm³/mol. The fraction of sp³-hybridized carbons (Fsp3) is 0.375. The molecular formula is C16H18Cl2N4O2S. The van der Waals surface area contributed by atoms with E-state index in [0.717, 1.165) is 18.6 Å². The van der Waals surface area contributed by atoms with Gasteiger partial charge in [0.2, 0.25) is 11.8 Å². The Morgan fingerprint density at radius 3 is 2.72 bits per heavy atom. The van der Waals surface area contributed by atoms with E-state index >= 15 is 0 Å². The van der Waals surface area contributed by atoms with E-state index in [4.69, 9.17) is 23.2 Å². The van der Waals surface area contributed by atoms with Gasteiger partial charge in [0, 0.05) is 17.2 Å². The Morgan fingerprint density at radius 1 is 1.32 bits per heavy atom. The molecule has 2 N–H and O–H groups in total. The average Bonchev–Trinajstić information content (AvgIpc) is 2.91. The molecule has 1 aliphatic rings. The predicted octanol–water partition coefficient (Wildman–Crippen LogP) is 4.09. The van der Waals surface area contributed by atoms with Crippen molar-refractivity contribution in [3.05, 3.63) is 28.2 Å². The van der Waals surface area contributed by atoms with E-state index in [1.54, 1.807) is 18.2 Å². The van der Waals surface area contributed by atoms with Gasteiger partial charge in [-0.05, 0) is 31.0 Å². The standard InChI is InChI=1S/C16H18Cl2N4O2S/c1-3-10(4-2)21-22-16-20-15(24)13(25-16)8-14(23)19-12-7-9(17)5-6-11(12)18/h5-7,13H,3-4,8H2,1-2H3,(H,19,23)(H,20,22,24)/t13-/m0/s1. The van der Waals surface area contributed by atoms with Gasteiger partial charge in [-0.2, -0.15) is 5.10 Å². The lowest BCUT2D eigenvalue weighted by Crippen LogP contribution is -2.28. The number of rotatable bonds is 6. The number of carbonyl (C=O) groups is 2. The fourth-order valence-corrected chi connectivity index (χ4v) is 3.31. The minimum absolute atomic E-state index is 0.00348. The van der Waals surface area contributed by atoms with E-state index < -0.39 is 5.25 Å². The normalized spacial score (nSPS) is 18.2. The van der Waals surface area contributed by atoms with Gasteiger partial charge in [0.25, 0.3) is 0 Å². The monoisotopic (exact) mass is 400 g/mol. The molecule has 0 unspecified atom stereocenters. The molecule has 2 amide bonds. The number of hydrogen-bond donors (Lipinski definition) is 2. The van der Waals surface area contributed by atoms with E-state index in [2.05, 4.69) is 20.8 Å². The average molecular weight is 401 g/mol. The molecule has 1 atom stereocenters. The lowest BCUT2D eigenvalue weighted by Gasteiger charge is -2.09. The zero-order valence-corrected chi connectivity index (χ0v) is 16.1. The van der Waals surface area contributed by atoms with E-state index in [1.165, 1.54) is 11.8 Å². The quantitative estimate of drug-likeness (QED) is 0.557. The second-order valence-electron chi connectivity index (χ2n) is 5.25. The third kappa shape index (κ3) is 5.73. The highest BCUT2D eigenvalue weighted by molar-refractivity contribution is 8.15. The summed E-state index contributed by atoms with van der Waals surface area (Å²) in [6.45, 7) is 3.99. The Morgan fingerprint density at radius 2 is 2.04 bits per heavy atom. The zero-order valence-electron chi connectivity index (χ0n) is 13.8. The fourth-order valence-electron chi connectivity index (χ4n) is 2.06. The largest absolute Gasteiger partial charge is 0.325 e. The summed E-state index contributed by atoms with van der Waals surface area (Å²) in [5.41, 5.74) is 1.36. The molecule has 25 heavy (non-hydrogen) atoms. The first kappa shape index (κ1) is 19.8. The van der Waals surface area contributed by atoms with E-state index in [9.17, 15) is 9.59 Å². The van der Waals surface area contributed by atoms with Crippen LogP contribution in [0.5, 0.6) is 0 Å². The first-order valence-corrected chi connectivity index (χ1v) is 9.42. The zero-order chi connectivity index (χ0) is 18.4. The summed E-state index contributed by atoms with van der Waals surface area (Å²) in [7, 11) is 0. The molecule has 2 rings (SSSR count). The Balaban J connectivity index is 1.97. The van der Waals surface area contributed by atoms with Crippen molar-refractivity contribution in [2.75, 3.05) is 5.32 Å². The van der Waals surface area contributed by atoms with Crippen LogP contribution in [0.25, 0.3) is 0 Å². The highest BCUT2D eigenvalue weighted by Gasteiger charge is 2.32. The Hall–Kier alpha value is -1.57. The van der Waals surface area contributed by atoms with Crippen LogP contribution in [0.4, 0.5) is 5.69 Å². The number of nitrogens with one attached hydrogen (secondary N) is 2. The second kappa shape index (κ2) is 9.22. The van der Waals surface area contributed by atoms with Crippen LogP contribution in [0.1, 0.15) is 33.1 Å².